The average molecular weight is 404 g/mol. The van der Waals surface area contributed by atoms with Crippen molar-refractivity contribution in [1.82, 2.24) is 14.8 Å². The molecular formula is C19H18F2N4O2S. The molecule has 0 saturated heterocycles. The predicted octanol–water partition coefficient (Wildman–Crippen LogP) is 3.96. The Morgan fingerprint density at radius 2 is 1.89 bits per heavy atom. The van der Waals surface area contributed by atoms with Gasteiger partial charge in [0.1, 0.15) is 17.4 Å². The Bertz CT molecular complexity index is 963. The second-order valence-corrected chi connectivity index (χ2v) is 6.87. The third-order valence-corrected chi connectivity index (χ3v) is 4.86. The standard InChI is InChI=1S/C19H18F2N4O2S/c1-12(27-14-9-7-13(20)8-10-14)18-23-24-19(25(18)2)28-11-17(26)22-16-6-4-3-5-15(16)21/h3-10,12H,11H2,1-2H3,(H,22,26). The molecule has 28 heavy (non-hydrogen) atoms. The van der Waals surface area contributed by atoms with E-state index in [2.05, 4.69) is 15.5 Å². The number of halogens is 2. The molecule has 1 unspecified atom stereocenters. The van der Waals surface area contributed by atoms with Gasteiger partial charge in [-0.15, -0.1) is 10.2 Å². The number of benzene rings is 2. The van der Waals surface area contributed by atoms with Crippen molar-refractivity contribution in [2.45, 2.75) is 18.2 Å². The van der Waals surface area contributed by atoms with E-state index in [4.69, 9.17) is 4.74 Å². The second-order valence-electron chi connectivity index (χ2n) is 5.93. The molecule has 0 aliphatic rings. The van der Waals surface area contributed by atoms with Gasteiger partial charge < -0.3 is 14.6 Å². The highest BCUT2D eigenvalue weighted by molar-refractivity contribution is 7.99. The fourth-order valence-corrected chi connectivity index (χ4v) is 3.17. The van der Waals surface area contributed by atoms with Crippen LogP contribution in [0.2, 0.25) is 0 Å². The van der Waals surface area contributed by atoms with E-state index in [1.807, 2.05) is 0 Å². The molecule has 146 valence electrons. The average Bonchev–Trinajstić information content (AvgIpc) is 3.04. The summed E-state index contributed by atoms with van der Waals surface area (Å²) in [6.07, 6.45) is -0.426. The van der Waals surface area contributed by atoms with Gasteiger partial charge in [0.15, 0.2) is 17.1 Å². The molecule has 6 nitrogen and oxygen atoms in total. The lowest BCUT2D eigenvalue weighted by molar-refractivity contribution is -0.113. The number of anilines is 1. The molecule has 9 heteroatoms. The third-order valence-electron chi connectivity index (χ3n) is 3.84. The summed E-state index contributed by atoms with van der Waals surface area (Å²) in [5.41, 5.74) is 0.132. The molecule has 0 spiro atoms. The smallest absolute Gasteiger partial charge is 0.234 e. The van der Waals surface area contributed by atoms with Gasteiger partial charge in [0.05, 0.1) is 11.4 Å². The van der Waals surface area contributed by atoms with E-state index in [1.54, 1.807) is 30.7 Å². The maximum absolute atomic E-state index is 13.6. The lowest BCUT2D eigenvalue weighted by Gasteiger charge is -2.14. The Labute approximate surface area is 164 Å². The Hall–Kier alpha value is -2.94. The first-order chi connectivity index (χ1) is 13.4. The molecule has 0 bridgehead atoms. The molecule has 1 amide bonds. The molecule has 1 heterocycles. The summed E-state index contributed by atoms with van der Waals surface area (Å²) >= 11 is 1.18. The number of thioether (sulfide) groups is 1. The van der Waals surface area contributed by atoms with E-state index >= 15 is 0 Å². The van der Waals surface area contributed by atoms with Crippen LogP contribution in [0.4, 0.5) is 14.5 Å². The first-order valence-corrected chi connectivity index (χ1v) is 9.41. The fourth-order valence-electron chi connectivity index (χ4n) is 2.45. The quantitative estimate of drug-likeness (QED) is 0.604. The molecule has 3 rings (SSSR count). The van der Waals surface area contributed by atoms with Crippen molar-refractivity contribution < 1.29 is 18.3 Å². The van der Waals surface area contributed by atoms with E-state index in [0.717, 1.165) is 0 Å². The molecule has 0 fully saturated rings. The Morgan fingerprint density at radius 1 is 1.18 bits per heavy atom. The van der Waals surface area contributed by atoms with Crippen LogP contribution in [-0.4, -0.2) is 26.4 Å². The van der Waals surface area contributed by atoms with Gasteiger partial charge >= 0.3 is 0 Å². The van der Waals surface area contributed by atoms with Gasteiger partial charge in [-0.1, -0.05) is 23.9 Å². The molecule has 0 aliphatic heterocycles. The van der Waals surface area contributed by atoms with Crippen LogP contribution < -0.4 is 10.1 Å². The van der Waals surface area contributed by atoms with E-state index in [9.17, 15) is 13.6 Å². The van der Waals surface area contributed by atoms with Crippen LogP contribution in [0.25, 0.3) is 0 Å². The summed E-state index contributed by atoms with van der Waals surface area (Å²) in [5, 5.41) is 11.2. The number of carbonyl (C=O) groups excluding carboxylic acids is 1. The van der Waals surface area contributed by atoms with E-state index in [1.165, 1.54) is 48.2 Å². The zero-order chi connectivity index (χ0) is 20.1. The number of ether oxygens (including phenoxy) is 1. The highest BCUT2D eigenvalue weighted by atomic mass is 32.2. The molecule has 0 aliphatic carbocycles. The number of carbonyl (C=O) groups is 1. The van der Waals surface area contributed by atoms with Gasteiger partial charge in [-0.3, -0.25) is 4.79 Å². The summed E-state index contributed by atoms with van der Waals surface area (Å²) in [4.78, 5) is 12.0. The summed E-state index contributed by atoms with van der Waals surface area (Å²) in [6, 6.07) is 11.7. The lowest BCUT2D eigenvalue weighted by Crippen LogP contribution is -2.15. The van der Waals surface area contributed by atoms with Crippen molar-refractivity contribution in [1.29, 1.82) is 0 Å². The minimum atomic E-state index is -0.492. The number of amides is 1. The normalized spacial score (nSPS) is 11.9. The van der Waals surface area contributed by atoms with Crippen molar-refractivity contribution in [2.24, 2.45) is 7.05 Å². The van der Waals surface area contributed by atoms with Gasteiger partial charge in [-0.2, -0.15) is 0 Å². The maximum Gasteiger partial charge on any atom is 0.234 e. The summed E-state index contributed by atoms with van der Waals surface area (Å²) < 4.78 is 34.0. The number of rotatable bonds is 7. The van der Waals surface area contributed by atoms with Crippen LogP contribution in [0, 0.1) is 11.6 Å². The molecule has 1 N–H and O–H groups in total. The van der Waals surface area contributed by atoms with Crippen molar-refractivity contribution in [3.05, 3.63) is 66.0 Å². The largest absolute Gasteiger partial charge is 0.483 e. The third kappa shape index (κ3) is 4.86. The van der Waals surface area contributed by atoms with Crippen molar-refractivity contribution in [3.63, 3.8) is 0 Å². The molecule has 2 aromatic carbocycles. The minimum Gasteiger partial charge on any atom is -0.483 e. The highest BCUT2D eigenvalue weighted by Gasteiger charge is 2.18. The van der Waals surface area contributed by atoms with Gasteiger partial charge in [-0.05, 0) is 43.3 Å². The maximum atomic E-state index is 13.6. The number of nitrogens with zero attached hydrogens (tertiary/aromatic N) is 3. The Kier molecular flexibility index (Phi) is 6.25. The van der Waals surface area contributed by atoms with Crippen molar-refractivity contribution >= 4 is 23.4 Å². The molecule has 3 aromatic rings. The van der Waals surface area contributed by atoms with Gasteiger partial charge in [0, 0.05) is 7.05 Å². The summed E-state index contributed by atoms with van der Waals surface area (Å²) in [6.45, 7) is 1.80. The van der Waals surface area contributed by atoms with Gasteiger partial charge in [0.25, 0.3) is 0 Å². The predicted molar refractivity (Wildman–Crippen MR) is 102 cm³/mol. The monoisotopic (exact) mass is 404 g/mol. The van der Waals surface area contributed by atoms with Crippen molar-refractivity contribution in [3.8, 4) is 5.75 Å². The van der Waals surface area contributed by atoms with Gasteiger partial charge in [-0.25, -0.2) is 8.78 Å². The zero-order valence-electron chi connectivity index (χ0n) is 15.2. The minimum absolute atomic E-state index is 0.0491. The van der Waals surface area contributed by atoms with Crippen molar-refractivity contribution in [2.75, 3.05) is 11.1 Å². The molecule has 1 aromatic heterocycles. The number of para-hydroxylation sites is 1. The number of hydrogen-bond acceptors (Lipinski definition) is 5. The van der Waals surface area contributed by atoms with E-state index in [0.29, 0.717) is 16.7 Å². The van der Waals surface area contributed by atoms with E-state index in [-0.39, 0.29) is 23.2 Å². The van der Waals surface area contributed by atoms with Crippen LogP contribution in [-0.2, 0) is 11.8 Å². The first-order valence-electron chi connectivity index (χ1n) is 8.42. The number of hydrogen-bond donors (Lipinski definition) is 1. The Balaban J connectivity index is 1.58. The van der Waals surface area contributed by atoms with Gasteiger partial charge in [0.2, 0.25) is 5.91 Å². The van der Waals surface area contributed by atoms with Crippen LogP contribution in [0.15, 0.2) is 53.7 Å². The zero-order valence-corrected chi connectivity index (χ0v) is 16.0. The summed E-state index contributed by atoms with van der Waals surface area (Å²) in [5.74, 6) is -0.0698. The van der Waals surface area contributed by atoms with Crippen LogP contribution in [0.3, 0.4) is 0 Å². The lowest BCUT2D eigenvalue weighted by atomic mass is 10.3. The summed E-state index contributed by atoms with van der Waals surface area (Å²) in [7, 11) is 1.76. The van der Waals surface area contributed by atoms with Crippen LogP contribution in [0.1, 0.15) is 18.9 Å². The fraction of sp³-hybridized carbons (Fsp3) is 0.211. The SMILES string of the molecule is CC(Oc1ccc(F)cc1)c1nnc(SCC(=O)Nc2ccccc2F)n1C. The molecule has 0 radical (unpaired) electrons. The number of nitrogens with one attached hydrogen (secondary N) is 1. The topological polar surface area (TPSA) is 69.0 Å². The number of aromatic nitrogens is 3. The highest BCUT2D eigenvalue weighted by Crippen LogP contribution is 2.24. The molecular weight excluding hydrogens is 386 g/mol. The molecule has 0 saturated carbocycles. The van der Waals surface area contributed by atoms with Crippen LogP contribution in [0.5, 0.6) is 5.75 Å². The van der Waals surface area contributed by atoms with E-state index < -0.39 is 11.9 Å². The second kappa shape index (κ2) is 8.83. The Morgan fingerprint density at radius 3 is 2.61 bits per heavy atom. The molecule has 1 atom stereocenters. The van der Waals surface area contributed by atoms with Crippen LogP contribution >= 0.6 is 11.8 Å². The first kappa shape index (κ1) is 19.8.